The molecule has 0 saturated carbocycles. The molecule has 12 heavy (non-hydrogen) atoms. The zero-order valence-corrected chi connectivity index (χ0v) is 6.80. The van der Waals surface area contributed by atoms with Gasteiger partial charge in [-0.2, -0.15) is 0 Å². The van der Waals surface area contributed by atoms with Crippen molar-refractivity contribution in [2.45, 2.75) is 0 Å². The van der Waals surface area contributed by atoms with Crippen LogP contribution >= 0.6 is 11.6 Å². The summed E-state index contributed by atoms with van der Waals surface area (Å²) in [7, 11) is 0. The van der Waals surface area contributed by atoms with Gasteiger partial charge in [0.05, 0.1) is 10.7 Å². The highest BCUT2D eigenvalue weighted by atomic mass is 35.5. The normalized spacial score (nSPS) is 9.42. The maximum Gasteiger partial charge on any atom is 0.409 e. The third-order valence-corrected chi connectivity index (χ3v) is 1.55. The van der Waals surface area contributed by atoms with Gasteiger partial charge in [-0.1, -0.05) is 11.6 Å². The number of nitrogens with one attached hydrogen (secondary N) is 1. The number of hydrogen-bond acceptors (Lipinski definition) is 2. The van der Waals surface area contributed by atoms with Crippen LogP contribution in [0.5, 0.6) is 0 Å². The van der Waals surface area contributed by atoms with Crippen molar-refractivity contribution in [2.24, 2.45) is 0 Å². The Kier molecular flexibility index (Phi) is 2.40. The number of carboxylic acid groups (broad SMARTS) is 1. The van der Waals surface area contributed by atoms with Gasteiger partial charge in [0.15, 0.2) is 0 Å². The summed E-state index contributed by atoms with van der Waals surface area (Å²) in [6.07, 6.45) is -1.15. The second-order valence-corrected chi connectivity index (χ2v) is 2.58. The van der Waals surface area contributed by atoms with E-state index in [-0.39, 0.29) is 5.02 Å². The SMILES string of the molecule is Nc1ccc(NC(=O)O)c(Cl)c1. The summed E-state index contributed by atoms with van der Waals surface area (Å²) in [6, 6.07) is 4.55. The molecule has 0 heterocycles. The first kappa shape index (κ1) is 8.67. The average Bonchev–Trinajstić information content (AvgIpc) is 1.94. The van der Waals surface area contributed by atoms with Crippen molar-refractivity contribution >= 4 is 29.1 Å². The minimum absolute atomic E-state index is 0.289. The summed E-state index contributed by atoms with van der Waals surface area (Å²) in [5.74, 6) is 0. The highest BCUT2D eigenvalue weighted by Gasteiger charge is 2.02. The lowest BCUT2D eigenvalue weighted by Gasteiger charge is -2.03. The number of benzene rings is 1. The fourth-order valence-electron chi connectivity index (χ4n) is 0.748. The summed E-state index contributed by atoms with van der Waals surface area (Å²) in [6.45, 7) is 0. The van der Waals surface area contributed by atoms with Crippen molar-refractivity contribution in [3.05, 3.63) is 23.2 Å². The summed E-state index contributed by atoms with van der Waals surface area (Å²) in [4.78, 5) is 10.2. The Morgan fingerprint density at radius 1 is 1.58 bits per heavy atom. The number of rotatable bonds is 1. The van der Waals surface area contributed by atoms with E-state index in [1.165, 1.54) is 12.1 Å². The third-order valence-electron chi connectivity index (χ3n) is 1.23. The molecular weight excluding hydrogens is 180 g/mol. The molecule has 0 radical (unpaired) electrons. The van der Waals surface area contributed by atoms with E-state index in [1.54, 1.807) is 6.07 Å². The average molecular weight is 187 g/mol. The van der Waals surface area contributed by atoms with Gasteiger partial charge in [0.2, 0.25) is 0 Å². The number of anilines is 2. The number of halogens is 1. The molecule has 4 nitrogen and oxygen atoms in total. The Hall–Kier alpha value is -1.42. The molecule has 1 aromatic rings. The molecule has 0 bridgehead atoms. The number of nitrogens with two attached hydrogens (primary N) is 1. The van der Waals surface area contributed by atoms with E-state index in [0.717, 1.165) is 0 Å². The van der Waals surface area contributed by atoms with Crippen LogP contribution in [-0.2, 0) is 0 Å². The molecule has 5 heteroatoms. The smallest absolute Gasteiger partial charge is 0.409 e. The Balaban J connectivity index is 2.93. The minimum Gasteiger partial charge on any atom is -0.465 e. The van der Waals surface area contributed by atoms with Crippen LogP contribution in [0.25, 0.3) is 0 Å². The maximum absolute atomic E-state index is 10.2. The van der Waals surface area contributed by atoms with Gasteiger partial charge >= 0.3 is 6.09 Å². The topological polar surface area (TPSA) is 75.3 Å². The van der Waals surface area contributed by atoms with Crippen LogP contribution in [0.15, 0.2) is 18.2 Å². The Morgan fingerprint density at radius 3 is 2.75 bits per heavy atom. The van der Waals surface area contributed by atoms with Gasteiger partial charge in [0.1, 0.15) is 0 Å². The molecule has 0 aliphatic heterocycles. The predicted molar refractivity (Wildman–Crippen MR) is 47.5 cm³/mol. The monoisotopic (exact) mass is 186 g/mol. The third kappa shape index (κ3) is 2.03. The van der Waals surface area contributed by atoms with E-state index in [9.17, 15) is 4.79 Å². The zero-order valence-electron chi connectivity index (χ0n) is 6.04. The summed E-state index contributed by atoms with van der Waals surface area (Å²) in [5.41, 5.74) is 6.23. The molecule has 0 aromatic heterocycles. The molecule has 1 aromatic carbocycles. The van der Waals surface area contributed by atoms with Crippen molar-refractivity contribution in [3.63, 3.8) is 0 Å². The Labute approximate surface area is 73.9 Å². The lowest BCUT2D eigenvalue weighted by molar-refractivity contribution is 0.210. The van der Waals surface area contributed by atoms with Crippen LogP contribution in [0.4, 0.5) is 16.2 Å². The van der Waals surface area contributed by atoms with Crippen molar-refractivity contribution < 1.29 is 9.90 Å². The lowest BCUT2D eigenvalue weighted by Crippen LogP contribution is -2.07. The van der Waals surface area contributed by atoms with Crippen molar-refractivity contribution in [1.82, 2.24) is 0 Å². The number of amides is 1. The van der Waals surface area contributed by atoms with Crippen LogP contribution in [0, 0.1) is 0 Å². The zero-order chi connectivity index (χ0) is 9.14. The van der Waals surface area contributed by atoms with E-state index in [0.29, 0.717) is 11.4 Å². The van der Waals surface area contributed by atoms with E-state index < -0.39 is 6.09 Å². The predicted octanol–water partition coefficient (Wildman–Crippen LogP) is 2.01. The highest BCUT2D eigenvalue weighted by molar-refractivity contribution is 6.33. The van der Waals surface area contributed by atoms with Crippen molar-refractivity contribution in [2.75, 3.05) is 11.1 Å². The molecule has 0 saturated heterocycles. The molecule has 0 unspecified atom stereocenters. The molecule has 1 rings (SSSR count). The second-order valence-electron chi connectivity index (χ2n) is 2.17. The number of carbonyl (C=O) groups is 1. The van der Waals surface area contributed by atoms with Crippen LogP contribution in [0.1, 0.15) is 0 Å². The van der Waals surface area contributed by atoms with E-state index in [4.69, 9.17) is 22.4 Å². The van der Waals surface area contributed by atoms with Crippen molar-refractivity contribution in [3.8, 4) is 0 Å². The molecule has 0 aliphatic carbocycles. The van der Waals surface area contributed by atoms with E-state index in [2.05, 4.69) is 5.32 Å². The Bertz CT molecular complexity index is 314. The molecule has 1 amide bonds. The second kappa shape index (κ2) is 3.32. The van der Waals surface area contributed by atoms with Crippen molar-refractivity contribution in [1.29, 1.82) is 0 Å². The summed E-state index contributed by atoms with van der Waals surface area (Å²) >= 11 is 5.67. The summed E-state index contributed by atoms with van der Waals surface area (Å²) in [5, 5.41) is 10.8. The summed E-state index contributed by atoms with van der Waals surface area (Å²) < 4.78 is 0. The molecule has 64 valence electrons. The maximum atomic E-state index is 10.2. The molecule has 0 fully saturated rings. The largest absolute Gasteiger partial charge is 0.465 e. The first-order chi connectivity index (χ1) is 5.59. The molecule has 0 aliphatic rings. The number of hydrogen-bond donors (Lipinski definition) is 3. The Morgan fingerprint density at radius 2 is 2.25 bits per heavy atom. The van der Waals surface area contributed by atoms with Gasteiger partial charge in [0, 0.05) is 5.69 Å². The van der Waals surface area contributed by atoms with E-state index in [1.807, 2.05) is 0 Å². The standard InChI is InChI=1S/C7H7ClN2O2/c8-5-3-4(9)1-2-6(5)10-7(11)12/h1-3,10H,9H2,(H,11,12). The van der Waals surface area contributed by atoms with Gasteiger partial charge in [-0.15, -0.1) is 0 Å². The quantitative estimate of drug-likeness (QED) is 0.588. The van der Waals surface area contributed by atoms with Crippen LogP contribution in [0.3, 0.4) is 0 Å². The minimum atomic E-state index is -1.15. The van der Waals surface area contributed by atoms with Crippen LogP contribution < -0.4 is 11.1 Å². The van der Waals surface area contributed by atoms with Crippen LogP contribution in [-0.4, -0.2) is 11.2 Å². The molecule has 0 spiro atoms. The van der Waals surface area contributed by atoms with Gasteiger partial charge in [-0.05, 0) is 18.2 Å². The highest BCUT2D eigenvalue weighted by Crippen LogP contribution is 2.23. The first-order valence-corrected chi connectivity index (χ1v) is 3.52. The number of nitrogen functional groups attached to an aromatic ring is 1. The molecule has 4 N–H and O–H groups in total. The fraction of sp³-hybridized carbons (Fsp3) is 0. The molecule has 0 atom stereocenters. The lowest BCUT2D eigenvalue weighted by atomic mass is 10.3. The van der Waals surface area contributed by atoms with E-state index >= 15 is 0 Å². The van der Waals surface area contributed by atoms with Crippen LogP contribution in [0.2, 0.25) is 5.02 Å². The first-order valence-electron chi connectivity index (χ1n) is 3.14. The van der Waals surface area contributed by atoms with Gasteiger partial charge in [0.25, 0.3) is 0 Å². The fourth-order valence-corrected chi connectivity index (χ4v) is 0.984. The molecular formula is C7H7ClN2O2. The van der Waals surface area contributed by atoms with Gasteiger partial charge in [-0.25, -0.2) is 4.79 Å². The van der Waals surface area contributed by atoms with Gasteiger partial charge in [-0.3, -0.25) is 5.32 Å². The van der Waals surface area contributed by atoms with Gasteiger partial charge < -0.3 is 10.8 Å².